The highest BCUT2D eigenvalue weighted by Gasteiger charge is 2.38. The van der Waals surface area contributed by atoms with Crippen LogP contribution in [-0.4, -0.2) is 32.0 Å². The lowest BCUT2D eigenvalue weighted by Crippen LogP contribution is -2.54. The largest absolute Gasteiger partial charge is 0.311 e. The van der Waals surface area contributed by atoms with Gasteiger partial charge in [0.2, 0.25) is 0 Å². The van der Waals surface area contributed by atoms with Crippen molar-refractivity contribution in [3.05, 3.63) is 0 Å². The molecule has 2 saturated heterocycles. The first-order valence-electron chi connectivity index (χ1n) is 7.39. The fourth-order valence-electron chi connectivity index (χ4n) is 3.55. The van der Waals surface area contributed by atoms with Crippen LogP contribution in [0.5, 0.6) is 0 Å². The third kappa shape index (κ3) is 3.27. The molecule has 0 aromatic rings. The van der Waals surface area contributed by atoms with Crippen LogP contribution < -0.4 is 5.32 Å². The number of hydrogen-bond donors (Lipinski definition) is 1. The molecule has 0 amide bonds. The molecule has 4 heteroatoms. The normalized spacial score (nSPS) is 33.7. The maximum absolute atomic E-state index is 11.5. The van der Waals surface area contributed by atoms with Gasteiger partial charge in [-0.05, 0) is 50.5 Å². The lowest BCUT2D eigenvalue weighted by molar-refractivity contribution is 0.139. The van der Waals surface area contributed by atoms with Crippen molar-refractivity contribution in [2.75, 3.05) is 18.1 Å². The third-order valence-electron chi connectivity index (χ3n) is 4.96. The number of hydrogen-bond acceptors (Lipinski definition) is 3. The molecule has 2 rings (SSSR count). The van der Waals surface area contributed by atoms with Crippen LogP contribution in [0, 0.1) is 11.8 Å². The van der Waals surface area contributed by atoms with Crippen molar-refractivity contribution < 1.29 is 8.42 Å². The lowest BCUT2D eigenvalue weighted by atomic mass is 9.72. The summed E-state index contributed by atoms with van der Waals surface area (Å²) in [7, 11) is -2.72. The summed E-state index contributed by atoms with van der Waals surface area (Å²) < 4.78 is 23.0. The Morgan fingerprint density at radius 1 is 1.22 bits per heavy atom. The lowest BCUT2D eigenvalue weighted by Gasteiger charge is -2.45. The third-order valence-corrected chi connectivity index (χ3v) is 6.67. The molecule has 0 bridgehead atoms. The van der Waals surface area contributed by atoms with Crippen LogP contribution in [0.3, 0.4) is 0 Å². The van der Waals surface area contributed by atoms with Crippen molar-refractivity contribution in [1.29, 1.82) is 0 Å². The van der Waals surface area contributed by atoms with E-state index in [0.29, 0.717) is 23.3 Å². The Bertz CT molecular complexity index is 355. The maximum atomic E-state index is 11.5. The van der Waals surface area contributed by atoms with Crippen LogP contribution in [0.1, 0.15) is 52.4 Å². The molecule has 1 atom stereocenters. The molecule has 18 heavy (non-hydrogen) atoms. The van der Waals surface area contributed by atoms with Crippen LogP contribution in [0.2, 0.25) is 0 Å². The first-order valence-corrected chi connectivity index (χ1v) is 9.21. The van der Waals surface area contributed by atoms with Crippen molar-refractivity contribution in [1.82, 2.24) is 5.32 Å². The van der Waals surface area contributed by atoms with Crippen molar-refractivity contribution in [2.45, 2.75) is 57.9 Å². The van der Waals surface area contributed by atoms with Crippen LogP contribution in [0.15, 0.2) is 0 Å². The Morgan fingerprint density at radius 3 is 2.39 bits per heavy atom. The van der Waals surface area contributed by atoms with Gasteiger partial charge in [0.05, 0.1) is 11.5 Å². The summed E-state index contributed by atoms with van der Waals surface area (Å²) in [5, 5.41) is 3.75. The quantitative estimate of drug-likeness (QED) is 0.858. The summed E-state index contributed by atoms with van der Waals surface area (Å²) >= 11 is 0. The molecular formula is C14H27NO2S. The average molecular weight is 273 g/mol. The van der Waals surface area contributed by atoms with Crippen LogP contribution in [0.25, 0.3) is 0 Å². The molecule has 0 radical (unpaired) electrons. The van der Waals surface area contributed by atoms with E-state index in [4.69, 9.17) is 0 Å². The second kappa shape index (κ2) is 5.49. The number of sulfone groups is 1. The van der Waals surface area contributed by atoms with E-state index in [1.807, 2.05) is 0 Å². The monoisotopic (exact) mass is 273 g/mol. The standard InChI is InChI=1S/C14H27NO2S/c1-12(2)14(7-3-4-8-15-14)11-13-5-9-18(16,17)10-6-13/h12-13,15H,3-11H2,1-2H3. The van der Waals surface area contributed by atoms with Crippen LogP contribution >= 0.6 is 0 Å². The zero-order valence-electron chi connectivity index (χ0n) is 11.7. The second-order valence-electron chi connectivity index (χ2n) is 6.49. The zero-order chi connectivity index (χ0) is 13.2. The molecule has 1 unspecified atom stereocenters. The molecule has 2 aliphatic heterocycles. The molecule has 0 aromatic carbocycles. The predicted molar refractivity (Wildman–Crippen MR) is 75.4 cm³/mol. The van der Waals surface area contributed by atoms with Gasteiger partial charge in [0.15, 0.2) is 0 Å². The van der Waals surface area contributed by atoms with Gasteiger partial charge in [-0.25, -0.2) is 8.42 Å². The number of piperidine rings is 1. The first-order chi connectivity index (χ1) is 8.44. The maximum Gasteiger partial charge on any atom is 0.150 e. The van der Waals surface area contributed by atoms with Crippen LogP contribution in [-0.2, 0) is 9.84 Å². The summed E-state index contributed by atoms with van der Waals surface area (Å²) in [6, 6.07) is 0. The van der Waals surface area contributed by atoms with Crippen molar-refractivity contribution in [3.8, 4) is 0 Å². The second-order valence-corrected chi connectivity index (χ2v) is 8.80. The minimum atomic E-state index is -2.72. The Hall–Kier alpha value is -0.0900. The molecule has 0 spiro atoms. The highest BCUT2D eigenvalue weighted by molar-refractivity contribution is 7.91. The fraction of sp³-hybridized carbons (Fsp3) is 1.00. The Labute approximate surface area is 112 Å². The van der Waals surface area contributed by atoms with Crippen molar-refractivity contribution in [2.24, 2.45) is 11.8 Å². The molecule has 2 aliphatic rings. The van der Waals surface area contributed by atoms with Gasteiger partial charge in [-0.1, -0.05) is 20.3 Å². The fourth-order valence-corrected chi connectivity index (χ4v) is 5.14. The summed E-state index contributed by atoms with van der Waals surface area (Å²) in [6.45, 7) is 5.74. The van der Waals surface area contributed by atoms with Gasteiger partial charge in [-0.3, -0.25) is 0 Å². The topological polar surface area (TPSA) is 46.2 Å². The van der Waals surface area contributed by atoms with Gasteiger partial charge in [-0.2, -0.15) is 0 Å². The Kier molecular flexibility index (Phi) is 4.37. The SMILES string of the molecule is CC(C)C1(CC2CCS(=O)(=O)CC2)CCCCN1. The van der Waals surface area contributed by atoms with Crippen molar-refractivity contribution >= 4 is 9.84 Å². The van der Waals surface area contributed by atoms with E-state index < -0.39 is 9.84 Å². The highest BCUT2D eigenvalue weighted by Crippen LogP contribution is 2.36. The van der Waals surface area contributed by atoms with Gasteiger partial charge >= 0.3 is 0 Å². The van der Waals surface area contributed by atoms with E-state index in [1.54, 1.807) is 0 Å². The summed E-state index contributed by atoms with van der Waals surface area (Å²) in [6.07, 6.45) is 6.77. The van der Waals surface area contributed by atoms with E-state index in [9.17, 15) is 8.42 Å². The van der Waals surface area contributed by atoms with Gasteiger partial charge < -0.3 is 5.32 Å². The minimum Gasteiger partial charge on any atom is -0.311 e. The van der Waals surface area contributed by atoms with Gasteiger partial charge in [0.25, 0.3) is 0 Å². The number of nitrogens with one attached hydrogen (secondary N) is 1. The van der Waals surface area contributed by atoms with E-state index in [0.717, 1.165) is 19.4 Å². The van der Waals surface area contributed by atoms with Crippen molar-refractivity contribution in [3.63, 3.8) is 0 Å². The molecule has 0 saturated carbocycles. The van der Waals surface area contributed by atoms with E-state index >= 15 is 0 Å². The van der Waals surface area contributed by atoms with E-state index in [1.165, 1.54) is 25.7 Å². The van der Waals surface area contributed by atoms with Gasteiger partial charge in [0, 0.05) is 5.54 Å². The molecule has 3 nitrogen and oxygen atoms in total. The predicted octanol–water partition coefficient (Wildman–Crippen LogP) is 2.37. The summed E-state index contributed by atoms with van der Waals surface area (Å²) in [4.78, 5) is 0. The molecule has 1 N–H and O–H groups in total. The minimum absolute atomic E-state index is 0.268. The zero-order valence-corrected chi connectivity index (χ0v) is 12.6. The van der Waals surface area contributed by atoms with E-state index in [2.05, 4.69) is 19.2 Å². The smallest absolute Gasteiger partial charge is 0.150 e. The van der Waals surface area contributed by atoms with Gasteiger partial charge in [-0.15, -0.1) is 0 Å². The Morgan fingerprint density at radius 2 is 1.89 bits per heavy atom. The van der Waals surface area contributed by atoms with Crippen LogP contribution in [0.4, 0.5) is 0 Å². The Balaban J connectivity index is 1.98. The first kappa shape index (κ1) is 14.3. The molecule has 2 fully saturated rings. The molecule has 0 aromatic heterocycles. The van der Waals surface area contributed by atoms with E-state index in [-0.39, 0.29) is 5.54 Å². The van der Waals surface area contributed by atoms with Gasteiger partial charge in [0.1, 0.15) is 9.84 Å². The molecule has 2 heterocycles. The molecular weight excluding hydrogens is 246 g/mol. The molecule has 106 valence electrons. The summed E-state index contributed by atoms with van der Waals surface area (Å²) in [5.41, 5.74) is 0.268. The summed E-state index contributed by atoms with van der Waals surface area (Å²) in [5.74, 6) is 2.05. The number of rotatable bonds is 3. The molecule has 0 aliphatic carbocycles. The highest BCUT2D eigenvalue weighted by atomic mass is 32.2. The average Bonchev–Trinajstić information content (AvgIpc) is 2.33.